The van der Waals surface area contributed by atoms with Gasteiger partial charge >= 0.3 is 0 Å². The van der Waals surface area contributed by atoms with Crippen molar-refractivity contribution in [3.8, 4) is 0 Å². The van der Waals surface area contributed by atoms with Crippen LogP contribution in [0.5, 0.6) is 0 Å². The van der Waals surface area contributed by atoms with Gasteiger partial charge in [0.2, 0.25) is 5.91 Å². The summed E-state index contributed by atoms with van der Waals surface area (Å²) in [5, 5.41) is 11.5. The van der Waals surface area contributed by atoms with Gasteiger partial charge in [0, 0.05) is 31.8 Å². The van der Waals surface area contributed by atoms with Crippen molar-refractivity contribution in [3.05, 3.63) is 47.0 Å². The fourth-order valence-corrected chi connectivity index (χ4v) is 3.81. The first-order chi connectivity index (χ1) is 12.1. The number of amides is 1. The van der Waals surface area contributed by atoms with Gasteiger partial charge in [-0.05, 0) is 35.8 Å². The summed E-state index contributed by atoms with van der Waals surface area (Å²) in [5.74, 6) is 3.34. The molecule has 5 nitrogen and oxygen atoms in total. The number of hydrogen-bond acceptors (Lipinski definition) is 3. The molecule has 2 heterocycles. The van der Waals surface area contributed by atoms with E-state index in [1.54, 1.807) is 0 Å². The SMILES string of the molecule is CC(C)c1ccc([C@H]2C[C@@H]2C(=O)NCCc2nnc3n2CCC3)cc1. The number of nitrogens with one attached hydrogen (secondary N) is 1. The fraction of sp³-hybridized carbons (Fsp3) is 0.550. The van der Waals surface area contributed by atoms with E-state index in [9.17, 15) is 4.79 Å². The molecule has 0 unspecified atom stereocenters. The second-order valence-corrected chi connectivity index (χ2v) is 7.60. The zero-order chi connectivity index (χ0) is 17.4. The van der Waals surface area contributed by atoms with Crippen LogP contribution in [0.3, 0.4) is 0 Å². The normalized spacial score (nSPS) is 21.4. The number of fused-ring (bicyclic) bond motifs is 1. The Hall–Kier alpha value is -2.17. The summed E-state index contributed by atoms with van der Waals surface area (Å²) in [5.41, 5.74) is 2.64. The summed E-state index contributed by atoms with van der Waals surface area (Å²) in [6.07, 6.45) is 3.91. The third-order valence-corrected chi connectivity index (χ3v) is 5.49. The number of benzene rings is 1. The van der Waals surface area contributed by atoms with Gasteiger partial charge in [0.1, 0.15) is 11.6 Å². The summed E-state index contributed by atoms with van der Waals surface area (Å²) in [6.45, 7) is 6.06. The zero-order valence-corrected chi connectivity index (χ0v) is 15.0. The van der Waals surface area contributed by atoms with Gasteiger partial charge in [-0.25, -0.2) is 0 Å². The summed E-state index contributed by atoms with van der Waals surface area (Å²) in [7, 11) is 0. The Labute approximate surface area is 148 Å². The number of aryl methyl sites for hydroxylation is 1. The maximum Gasteiger partial charge on any atom is 0.223 e. The highest BCUT2D eigenvalue weighted by Crippen LogP contribution is 2.47. The average molecular weight is 338 g/mol. The van der Waals surface area contributed by atoms with E-state index in [0.29, 0.717) is 18.4 Å². The molecule has 1 N–H and O–H groups in total. The summed E-state index contributed by atoms with van der Waals surface area (Å²) in [6, 6.07) is 8.76. The van der Waals surface area contributed by atoms with Crippen LogP contribution >= 0.6 is 0 Å². The lowest BCUT2D eigenvalue weighted by atomic mass is 10.00. The minimum absolute atomic E-state index is 0.133. The fourth-order valence-electron chi connectivity index (χ4n) is 3.81. The van der Waals surface area contributed by atoms with Crippen molar-refractivity contribution in [2.24, 2.45) is 5.92 Å². The second-order valence-electron chi connectivity index (χ2n) is 7.60. The lowest BCUT2D eigenvalue weighted by Crippen LogP contribution is -2.28. The molecule has 2 aromatic rings. The number of carbonyl (C=O) groups excluding carboxylic acids is 1. The standard InChI is InChI=1S/C20H26N4O/c1-13(2)14-5-7-15(8-6-14)16-12-17(16)20(25)21-10-9-19-23-22-18-4-3-11-24(18)19/h5-8,13,16-17H,3-4,9-12H2,1-2H3,(H,21,25)/t16-,17+/m1/s1. The van der Waals surface area contributed by atoms with Crippen LogP contribution in [0.25, 0.3) is 0 Å². The number of nitrogens with zero attached hydrogens (tertiary/aromatic N) is 3. The number of rotatable bonds is 6. The summed E-state index contributed by atoms with van der Waals surface area (Å²) >= 11 is 0. The Kier molecular flexibility index (Phi) is 4.32. The number of aromatic nitrogens is 3. The Morgan fingerprint density at radius 3 is 2.84 bits per heavy atom. The Morgan fingerprint density at radius 1 is 1.28 bits per heavy atom. The highest BCUT2D eigenvalue weighted by Gasteiger charge is 2.43. The largest absolute Gasteiger partial charge is 0.355 e. The molecule has 0 bridgehead atoms. The average Bonchev–Trinajstić information content (AvgIpc) is 3.12. The smallest absolute Gasteiger partial charge is 0.223 e. The lowest BCUT2D eigenvalue weighted by molar-refractivity contribution is -0.122. The van der Waals surface area contributed by atoms with Crippen molar-refractivity contribution in [2.75, 3.05) is 6.54 Å². The van der Waals surface area contributed by atoms with Crippen molar-refractivity contribution in [1.29, 1.82) is 0 Å². The molecule has 1 aromatic carbocycles. The molecule has 1 aliphatic carbocycles. The zero-order valence-electron chi connectivity index (χ0n) is 15.0. The monoisotopic (exact) mass is 338 g/mol. The van der Waals surface area contributed by atoms with Gasteiger partial charge in [-0.1, -0.05) is 38.1 Å². The Bertz CT molecular complexity index is 763. The van der Waals surface area contributed by atoms with Crippen LogP contribution in [0.2, 0.25) is 0 Å². The second kappa shape index (κ2) is 6.62. The molecule has 1 fully saturated rings. The van der Waals surface area contributed by atoms with E-state index in [-0.39, 0.29) is 11.8 Å². The first-order valence-electron chi connectivity index (χ1n) is 9.42. The van der Waals surface area contributed by atoms with Gasteiger partial charge in [0.15, 0.2) is 0 Å². The molecule has 132 valence electrons. The molecule has 1 saturated carbocycles. The van der Waals surface area contributed by atoms with Gasteiger partial charge in [0.05, 0.1) is 0 Å². The quantitative estimate of drug-likeness (QED) is 0.881. The summed E-state index contributed by atoms with van der Waals surface area (Å²) < 4.78 is 2.20. The van der Waals surface area contributed by atoms with E-state index in [1.807, 2.05) is 0 Å². The molecule has 5 heteroatoms. The molecule has 0 saturated heterocycles. The van der Waals surface area contributed by atoms with Gasteiger partial charge in [-0.15, -0.1) is 10.2 Å². The third kappa shape index (κ3) is 3.32. The summed E-state index contributed by atoms with van der Waals surface area (Å²) in [4.78, 5) is 12.4. The highest BCUT2D eigenvalue weighted by atomic mass is 16.2. The van der Waals surface area contributed by atoms with Gasteiger partial charge in [0.25, 0.3) is 0 Å². The minimum Gasteiger partial charge on any atom is -0.355 e. The van der Waals surface area contributed by atoms with Gasteiger partial charge < -0.3 is 9.88 Å². The van der Waals surface area contributed by atoms with E-state index < -0.39 is 0 Å². The predicted molar refractivity (Wildman–Crippen MR) is 96.4 cm³/mol. The van der Waals surface area contributed by atoms with Crippen LogP contribution in [0.1, 0.15) is 61.3 Å². The molecule has 4 rings (SSSR count). The van der Waals surface area contributed by atoms with Crippen molar-refractivity contribution >= 4 is 5.91 Å². The first kappa shape index (κ1) is 16.3. The van der Waals surface area contributed by atoms with Crippen molar-refractivity contribution < 1.29 is 4.79 Å². The molecule has 1 amide bonds. The number of carbonyl (C=O) groups is 1. The van der Waals surface area contributed by atoms with E-state index >= 15 is 0 Å². The first-order valence-corrected chi connectivity index (χ1v) is 9.42. The predicted octanol–water partition coefficient (Wildman–Crippen LogP) is 2.81. The molecular weight excluding hydrogens is 312 g/mol. The van der Waals surface area contributed by atoms with Crippen LogP contribution in [0, 0.1) is 5.92 Å². The molecule has 2 atom stereocenters. The maximum atomic E-state index is 12.4. The van der Waals surface area contributed by atoms with Crippen molar-refractivity contribution in [2.45, 2.75) is 57.9 Å². The number of hydrogen-bond donors (Lipinski definition) is 1. The van der Waals surface area contributed by atoms with Crippen LogP contribution in [0.4, 0.5) is 0 Å². The highest BCUT2D eigenvalue weighted by molar-refractivity contribution is 5.82. The van der Waals surface area contributed by atoms with Crippen molar-refractivity contribution in [3.63, 3.8) is 0 Å². The van der Waals surface area contributed by atoms with Crippen LogP contribution in [-0.2, 0) is 24.2 Å². The third-order valence-electron chi connectivity index (χ3n) is 5.49. The molecular formula is C20H26N4O. The van der Waals surface area contributed by atoms with Crippen molar-refractivity contribution in [1.82, 2.24) is 20.1 Å². The topological polar surface area (TPSA) is 59.8 Å². The molecule has 1 aliphatic heterocycles. The van der Waals surface area contributed by atoms with E-state index in [1.165, 1.54) is 11.1 Å². The van der Waals surface area contributed by atoms with E-state index in [0.717, 1.165) is 43.9 Å². The maximum absolute atomic E-state index is 12.4. The Morgan fingerprint density at radius 2 is 2.08 bits per heavy atom. The van der Waals surface area contributed by atoms with Crippen LogP contribution in [0.15, 0.2) is 24.3 Å². The van der Waals surface area contributed by atoms with Crippen LogP contribution < -0.4 is 5.32 Å². The van der Waals surface area contributed by atoms with Gasteiger partial charge in [-0.2, -0.15) is 0 Å². The molecule has 2 aliphatic rings. The molecule has 0 radical (unpaired) electrons. The minimum atomic E-state index is 0.133. The molecule has 25 heavy (non-hydrogen) atoms. The lowest BCUT2D eigenvalue weighted by Gasteiger charge is -2.07. The molecule has 1 aromatic heterocycles. The van der Waals surface area contributed by atoms with Crippen LogP contribution in [-0.4, -0.2) is 27.2 Å². The van der Waals surface area contributed by atoms with E-state index in [4.69, 9.17) is 0 Å². The molecule has 0 spiro atoms. The Balaban J connectivity index is 1.26. The van der Waals surface area contributed by atoms with E-state index in [2.05, 4.69) is 58.2 Å². The van der Waals surface area contributed by atoms with Gasteiger partial charge in [-0.3, -0.25) is 4.79 Å².